The Balaban J connectivity index is 0.00000242. The van der Waals surface area contributed by atoms with Gasteiger partial charge in [-0.15, -0.1) is 12.4 Å². The van der Waals surface area contributed by atoms with Gasteiger partial charge < -0.3 is 15.3 Å². The zero-order chi connectivity index (χ0) is 15.2. The van der Waals surface area contributed by atoms with Crippen LogP contribution in [0.2, 0.25) is 0 Å². The molecule has 1 amide bonds. The smallest absolute Gasteiger partial charge is 0.304 e. The van der Waals surface area contributed by atoms with Gasteiger partial charge in [-0.25, -0.2) is 4.39 Å². The van der Waals surface area contributed by atoms with Crippen LogP contribution in [-0.4, -0.2) is 47.6 Å². The lowest BCUT2D eigenvalue weighted by molar-refractivity contribution is -0.136. The Morgan fingerprint density at radius 1 is 1.27 bits per heavy atom. The number of carboxylic acids is 1. The second-order valence-electron chi connectivity index (χ2n) is 5.14. The number of rotatable bonds is 5. The fourth-order valence-corrected chi connectivity index (χ4v) is 2.47. The highest BCUT2D eigenvalue weighted by Crippen LogP contribution is 2.16. The van der Waals surface area contributed by atoms with Crippen molar-refractivity contribution in [1.82, 2.24) is 10.2 Å². The van der Waals surface area contributed by atoms with Crippen molar-refractivity contribution < 1.29 is 19.1 Å². The molecule has 1 saturated heterocycles. The number of likely N-dealkylation sites (tertiary alicyclic amines) is 1. The molecule has 1 aliphatic rings. The van der Waals surface area contributed by atoms with Crippen molar-refractivity contribution in [3.05, 3.63) is 35.6 Å². The van der Waals surface area contributed by atoms with Gasteiger partial charge in [-0.05, 0) is 25.0 Å². The average molecular weight is 331 g/mol. The van der Waals surface area contributed by atoms with Crippen LogP contribution in [-0.2, 0) is 4.79 Å². The maximum atomic E-state index is 13.6. The third-order valence-corrected chi connectivity index (χ3v) is 3.66. The van der Waals surface area contributed by atoms with Crippen molar-refractivity contribution in [3.8, 4) is 0 Å². The summed E-state index contributed by atoms with van der Waals surface area (Å²) >= 11 is 0. The van der Waals surface area contributed by atoms with Gasteiger partial charge in [-0.3, -0.25) is 9.59 Å². The van der Waals surface area contributed by atoms with E-state index < -0.39 is 11.8 Å². The molecule has 1 aromatic rings. The number of carbonyl (C=O) groups excluding carboxylic acids is 1. The Kier molecular flexibility index (Phi) is 7.27. The lowest BCUT2D eigenvalue weighted by Gasteiger charge is -2.32. The molecule has 122 valence electrons. The van der Waals surface area contributed by atoms with Gasteiger partial charge in [0.1, 0.15) is 5.82 Å². The summed E-state index contributed by atoms with van der Waals surface area (Å²) in [5, 5.41) is 11.8. The van der Waals surface area contributed by atoms with Gasteiger partial charge in [0.25, 0.3) is 5.91 Å². The van der Waals surface area contributed by atoms with Crippen molar-refractivity contribution in [2.45, 2.75) is 25.3 Å². The minimum Gasteiger partial charge on any atom is -0.481 e. The Hall–Kier alpha value is -1.66. The maximum Gasteiger partial charge on any atom is 0.304 e. The van der Waals surface area contributed by atoms with E-state index in [2.05, 4.69) is 5.32 Å². The predicted molar refractivity (Wildman–Crippen MR) is 82.8 cm³/mol. The monoisotopic (exact) mass is 330 g/mol. The average Bonchev–Trinajstić information content (AvgIpc) is 2.47. The highest BCUT2D eigenvalue weighted by Gasteiger charge is 2.24. The number of benzene rings is 1. The van der Waals surface area contributed by atoms with E-state index in [9.17, 15) is 14.0 Å². The molecule has 2 rings (SSSR count). The first-order valence-corrected chi connectivity index (χ1v) is 7.07. The van der Waals surface area contributed by atoms with Crippen LogP contribution in [0.15, 0.2) is 24.3 Å². The fraction of sp³-hybridized carbons (Fsp3) is 0.467. The maximum absolute atomic E-state index is 13.6. The number of nitrogens with zero attached hydrogens (tertiary/aromatic N) is 1. The summed E-state index contributed by atoms with van der Waals surface area (Å²) < 4.78 is 13.6. The van der Waals surface area contributed by atoms with E-state index in [0.717, 1.165) is 12.8 Å². The number of amides is 1. The zero-order valence-corrected chi connectivity index (χ0v) is 12.9. The summed E-state index contributed by atoms with van der Waals surface area (Å²) in [5.74, 6) is -1.60. The third-order valence-electron chi connectivity index (χ3n) is 3.66. The van der Waals surface area contributed by atoms with E-state index in [4.69, 9.17) is 5.11 Å². The van der Waals surface area contributed by atoms with Crippen LogP contribution >= 0.6 is 12.4 Å². The molecule has 22 heavy (non-hydrogen) atoms. The molecule has 0 radical (unpaired) electrons. The summed E-state index contributed by atoms with van der Waals surface area (Å²) in [6.07, 6.45) is 1.59. The largest absolute Gasteiger partial charge is 0.481 e. The van der Waals surface area contributed by atoms with Gasteiger partial charge in [0.2, 0.25) is 0 Å². The highest BCUT2D eigenvalue weighted by molar-refractivity contribution is 5.94. The van der Waals surface area contributed by atoms with E-state index in [0.29, 0.717) is 19.6 Å². The second kappa shape index (κ2) is 8.70. The standard InChI is InChI=1S/C15H19FN2O3.ClH/c16-13-4-2-1-3-12(13)15(21)18-9-6-11(7-10-18)17-8-5-14(19)20;/h1-4,11,17H,5-10H2,(H,19,20);1H. The molecule has 0 atom stereocenters. The molecule has 5 nitrogen and oxygen atoms in total. The number of hydrogen-bond donors (Lipinski definition) is 2. The summed E-state index contributed by atoms with van der Waals surface area (Å²) in [6.45, 7) is 1.54. The third kappa shape index (κ3) is 4.96. The first-order chi connectivity index (χ1) is 10.1. The van der Waals surface area contributed by atoms with Gasteiger partial charge in [-0.2, -0.15) is 0 Å². The normalized spacial score (nSPS) is 15.2. The molecule has 0 aromatic heterocycles. The summed E-state index contributed by atoms with van der Waals surface area (Å²) in [5.41, 5.74) is 0.106. The predicted octanol–water partition coefficient (Wildman–Crippen LogP) is 1.92. The Labute approximate surface area is 134 Å². The number of piperidine rings is 1. The van der Waals surface area contributed by atoms with Crippen LogP contribution in [0, 0.1) is 5.82 Å². The molecule has 1 aliphatic heterocycles. The van der Waals surface area contributed by atoms with Crippen molar-refractivity contribution in [1.29, 1.82) is 0 Å². The first-order valence-electron chi connectivity index (χ1n) is 7.07. The summed E-state index contributed by atoms with van der Waals surface area (Å²) in [6, 6.07) is 6.21. The Morgan fingerprint density at radius 3 is 2.50 bits per heavy atom. The molecule has 0 saturated carbocycles. The molecular weight excluding hydrogens is 311 g/mol. The highest BCUT2D eigenvalue weighted by atomic mass is 35.5. The van der Waals surface area contributed by atoms with Crippen molar-refractivity contribution in [2.75, 3.05) is 19.6 Å². The van der Waals surface area contributed by atoms with E-state index in [1.54, 1.807) is 17.0 Å². The molecule has 2 N–H and O–H groups in total. The quantitative estimate of drug-likeness (QED) is 0.865. The molecule has 0 spiro atoms. The van der Waals surface area contributed by atoms with Gasteiger partial charge >= 0.3 is 5.97 Å². The number of halogens is 2. The molecule has 0 aliphatic carbocycles. The fourth-order valence-electron chi connectivity index (χ4n) is 2.47. The van der Waals surface area contributed by atoms with E-state index in [1.807, 2.05) is 0 Å². The zero-order valence-electron chi connectivity index (χ0n) is 12.1. The number of carbonyl (C=O) groups is 2. The summed E-state index contributed by atoms with van der Waals surface area (Å²) in [7, 11) is 0. The number of aliphatic carboxylic acids is 1. The molecule has 0 unspecified atom stereocenters. The topological polar surface area (TPSA) is 69.6 Å². The van der Waals surface area contributed by atoms with Crippen LogP contribution < -0.4 is 5.32 Å². The lowest BCUT2D eigenvalue weighted by atomic mass is 10.0. The van der Waals surface area contributed by atoms with Crippen LogP contribution in [0.1, 0.15) is 29.6 Å². The van der Waals surface area contributed by atoms with E-state index in [1.165, 1.54) is 12.1 Å². The van der Waals surface area contributed by atoms with Gasteiger partial charge in [0.15, 0.2) is 0 Å². The Morgan fingerprint density at radius 2 is 1.91 bits per heavy atom. The van der Waals surface area contributed by atoms with Crippen LogP contribution in [0.25, 0.3) is 0 Å². The van der Waals surface area contributed by atoms with Crippen LogP contribution in [0.3, 0.4) is 0 Å². The van der Waals surface area contributed by atoms with Crippen molar-refractivity contribution >= 4 is 24.3 Å². The molecule has 7 heteroatoms. The van der Waals surface area contributed by atoms with Crippen LogP contribution in [0.5, 0.6) is 0 Å². The van der Waals surface area contributed by atoms with Crippen molar-refractivity contribution in [3.63, 3.8) is 0 Å². The van der Waals surface area contributed by atoms with Crippen LogP contribution in [0.4, 0.5) is 4.39 Å². The summed E-state index contributed by atoms with van der Waals surface area (Å²) in [4.78, 5) is 24.3. The minimum atomic E-state index is -0.824. The van der Waals surface area contributed by atoms with E-state index in [-0.39, 0.29) is 36.3 Å². The molecule has 1 fully saturated rings. The first kappa shape index (κ1) is 18.4. The molecule has 1 aromatic carbocycles. The second-order valence-corrected chi connectivity index (χ2v) is 5.14. The lowest BCUT2D eigenvalue weighted by Crippen LogP contribution is -2.45. The Bertz CT molecular complexity index is 519. The van der Waals surface area contributed by atoms with Gasteiger partial charge in [0, 0.05) is 25.7 Å². The van der Waals surface area contributed by atoms with E-state index >= 15 is 0 Å². The molecule has 0 bridgehead atoms. The SMILES string of the molecule is Cl.O=C(O)CCNC1CCN(C(=O)c2ccccc2F)CC1. The number of nitrogens with one attached hydrogen (secondary N) is 1. The van der Waals surface area contributed by atoms with Gasteiger partial charge in [-0.1, -0.05) is 12.1 Å². The van der Waals surface area contributed by atoms with Gasteiger partial charge in [0.05, 0.1) is 12.0 Å². The van der Waals surface area contributed by atoms with Crippen molar-refractivity contribution in [2.24, 2.45) is 0 Å². The number of carboxylic acid groups (broad SMARTS) is 1. The minimum absolute atomic E-state index is 0. The molecular formula is C15H20ClFN2O3. The number of hydrogen-bond acceptors (Lipinski definition) is 3. The molecule has 1 heterocycles.